The molecule has 2 rings (SSSR count). The molecule has 100 valence electrons. The number of benzene rings is 1. The summed E-state index contributed by atoms with van der Waals surface area (Å²) >= 11 is 0. The lowest BCUT2D eigenvalue weighted by Gasteiger charge is -2.32. The summed E-state index contributed by atoms with van der Waals surface area (Å²) in [7, 11) is 0. The van der Waals surface area contributed by atoms with Crippen LogP contribution in [-0.2, 0) is 6.54 Å². The minimum Gasteiger partial charge on any atom is -0.434 e. The van der Waals surface area contributed by atoms with Crippen molar-refractivity contribution in [3.63, 3.8) is 0 Å². The summed E-state index contributed by atoms with van der Waals surface area (Å²) in [5.74, 6) is 0.994. The van der Waals surface area contributed by atoms with Crippen LogP contribution in [0.25, 0.3) is 0 Å². The second kappa shape index (κ2) is 6.14. The molecule has 0 bridgehead atoms. The third-order valence-electron chi connectivity index (χ3n) is 3.66. The van der Waals surface area contributed by atoms with Crippen LogP contribution >= 0.6 is 0 Å². The summed E-state index contributed by atoms with van der Waals surface area (Å²) in [5.41, 5.74) is 0.781. The highest BCUT2D eigenvalue weighted by Crippen LogP contribution is 2.29. The van der Waals surface area contributed by atoms with Gasteiger partial charge in [0.05, 0.1) is 0 Å². The van der Waals surface area contributed by atoms with Crippen LogP contribution in [0.4, 0.5) is 8.78 Å². The molecule has 0 saturated heterocycles. The van der Waals surface area contributed by atoms with Crippen molar-refractivity contribution in [2.75, 3.05) is 0 Å². The van der Waals surface area contributed by atoms with Crippen molar-refractivity contribution >= 4 is 0 Å². The second-order valence-corrected chi connectivity index (χ2v) is 4.85. The number of ether oxygens (including phenoxy) is 1. The molecule has 0 radical (unpaired) electrons. The molecule has 1 N–H and O–H groups in total. The predicted octanol–water partition coefficient (Wildman–Crippen LogP) is 3.57. The highest BCUT2D eigenvalue weighted by atomic mass is 19.3. The Morgan fingerprint density at radius 2 is 2.06 bits per heavy atom. The molecule has 1 fully saturated rings. The molecule has 4 heteroatoms. The maximum absolute atomic E-state index is 12.2. The van der Waals surface area contributed by atoms with Gasteiger partial charge in [0, 0.05) is 18.2 Å². The summed E-state index contributed by atoms with van der Waals surface area (Å²) in [5, 5.41) is 3.39. The Morgan fingerprint density at radius 3 is 2.67 bits per heavy atom. The SMILES string of the molecule is CC(NCc1ccccc1OC(F)F)C1CCC1. The largest absolute Gasteiger partial charge is 0.434 e. The molecule has 1 saturated carbocycles. The van der Waals surface area contributed by atoms with Crippen LogP contribution < -0.4 is 10.1 Å². The molecule has 0 heterocycles. The van der Waals surface area contributed by atoms with Crippen molar-refractivity contribution in [2.45, 2.75) is 45.4 Å². The van der Waals surface area contributed by atoms with Crippen LogP contribution in [0.1, 0.15) is 31.7 Å². The summed E-state index contributed by atoms with van der Waals surface area (Å²) in [4.78, 5) is 0. The highest BCUT2D eigenvalue weighted by Gasteiger charge is 2.23. The summed E-state index contributed by atoms with van der Waals surface area (Å²) in [6.07, 6.45) is 3.84. The standard InChI is InChI=1S/C14H19F2NO/c1-10(11-6-4-7-11)17-9-12-5-2-3-8-13(12)18-14(15)16/h2-3,5,8,10-11,14,17H,4,6-7,9H2,1H3. The minimum absolute atomic E-state index is 0.265. The van der Waals surface area contributed by atoms with Crippen LogP contribution in [0.3, 0.4) is 0 Å². The smallest absolute Gasteiger partial charge is 0.387 e. The van der Waals surface area contributed by atoms with Gasteiger partial charge in [-0.2, -0.15) is 8.78 Å². The molecule has 18 heavy (non-hydrogen) atoms. The number of alkyl halides is 2. The van der Waals surface area contributed by atoms with Gasteiger partial charge in [0.1, 0.15) is 5.75 Å². The molecule has 0 aromatic heterocycles. The van der Waals surface area contributed by atoms with Gasteiger partial charge < -0.3 is 10.1 Å². The lowest BCUT2D eigenvalue weighted by Crippen LogP contribution is -2.36. The van der Waals surface area contributed by atoms with Crippen molar-refractivity contribution < 1.29 is 13.5 Å². The Kier molecular flexibility index (Phi) is 4.53. The number of halogens is 2. The Balaban J connectivity index is 1.91. The van der Waals surface area contributed by atoms with Gasteiger partial charge in [-0.05, 0) is 31.7 Å². The Hall–Kier alpha value is -1.16. The van der Waals surface area contributed by atoms with E-state index in [0.29, 0.717) is 12.6 Å². The number of para-hydroxylation sites is 1. The van der Waals surface area contributed by atoms with Crippen molar-refractivity contribution in [2.24, 2.45) is 5.92 Å². The molecule has 0 spiro atoms. The average molecular weight is 255 g/mol. The van der Waals surface area contributed by atoms with Crippen molar-refractivity contribution in [3.8, 4) is 5.75 Å². The van der Waals surface area contributed by atoms with E-state index in [1.807, 2.05) is 12.1 Å². The maximum Gasteiger partial charge on any atom is 0.387 e. The molecule has 0 amide bonds. The van der Waals surface area contributed by atoms with Gasteiger partial charge in [-0.3, -0.25) is 0 Å². The Labute approximate surface area is 106 Å². The van der Waals surface area contributed by atoms with E-state index in [4.69, 9.17) is 0 Å². The number of hydrogen-bond donors (Lipinski definition) is 1. The molecule has 1 atom stereocenters. The summed E-state index contributed by atoms with van der Waals surface area (Å²) < 4.78 is 29.0. The van der Waals surface area contributed by atoms with Gasteiger partial charge in [0.15, 0.2) is 0 Å². The predicted molar refractivity (Wildman–Crippen MR) is 66.7 cm³/mol. The van der Waals surface area contributed by atoms with Crippen LogP contribution in [0.15, 0.2) is 24.3 Å². The first-order valence-electron chi connectivity index (χ1n) is 6.43. The topological polar surface area (TPSA) is 21.3 Å². The number of hydrogen-bond acceptors (Lipinski definition) is 2. The third kappa shape index (κ3) is 3.42. The van der Waals surface area contributed by atoms with E-state index in [0.717, 1.165) is 11.5 Å². The van der Waals surface area contributed by atoms with Gasteiger partial charge in [-0.15, -0.1) is 0 Å². The lowest BCUT2D eigenvalue weighted by molar-refractivity contribution is -0.0505. The van der Waals surface area contributed by atoms with Crippen molar-refractivity contribution in [3.05, 3.63) is 29.8 Å². The van der Waals surface area contributed by atoms with Crippen molar-refractivity contribution in [1.82, 2.24) is 5.32 Å². The number of rotatable bonds is 6. The first-order chi connectivity index (χ1) is 8.66. The average Bonchev–Trinajstić information content (AvgIpc) is 2.25. The van der Waals surface area contributed by atoms with Gasteiger partial charge in [0.2, 0.25) is 0 Å². The van der Waals surface area contributed by atoms with Crippen LogP contribution in [0.2, 0.25) is 0 Å². The summed E-state index contributed by atoms with van der Waals surface area (Å²) in [6.45, 7) is -0.0451. The van der Waals surface area contributed by atoms with E-state index >= 15 is 0 Å². The summed E-state index contributed by atoms with van der Waals surface area (Å²) in [6, 6.07) is 7.37. The van der Waals surface area contributed by atoms with E-state index in [1.165, 1.54) is 19.3 Å². The molecule has 1 unspecified atom stereocenters. The molecule has 2 nitrogen and oxygen atoms in total. The quantitative estimate of drug-likeness (QED) is 0.839. The fourth-order valence-corrected chi connectivity index (χ4v) is 2.24. The maximum atomic E-state index is 12.2. The minimum atomic E-state index is -2.77. The van der Waals surface area contributed by atoms with Crippen LogP contribution in [0.5, 0.6) is 5.75 Å². The lowest BCUT2D eigenvalue weighted by atomic mass is 9.80. The molecular formula is C14H19F2NO. The fraction of sp³-hybridized carbons (Fsp3) is 0.571. The Bertz CT molecular complexity index is 380. The fourth-order valence-electron chi connectivity index (χ4n) is 2.24. The second-order valence-electron chi connectivity index (χ2n) is 4.85. The van der Waals surface area contributed by atoms with Gasteiger partial charge >= 0.3 is 6.61 Å². The van der Waals surface area contributed by atoms with Gasteiger partial charge in [-0.25, -0.2) is 0 Å². The van der Waals surface area contributed by atoms with Gasteiger partial charge in [0.25, 0.3) is 0 Å². The normalized spacial score (nSPS) is 17.6. The number of nitrogens with one attached hydrogen (secondary N) is 1. The zero-order valence-corrected chi connectivity index (χ0v) is 10.5. The van der Waals surface area contributed by atoms with Crippen molar-refractivity contribution in [1.29, 1.82) is 0 Å². The highest BCUT2D eigenvalue weighted by molar-refractivity contribution is 5.33. The monoisotopic (exact) mass is 255 g/mol. The van der Waals surface area contributed by atoms with E-state index in [2.05, 4.69) is 17.0 Å². The van der Waals surface area contributed by atoms with Crippen LogP contribution in [0, 0.1) is 5.92 Å². The zero-order valence-electron chi connectivity index (χ0n) is 10.5. The Morgan fingerprint density at radius 1 is 1.33 bits per heavy atom. The molecule has 1 aliphatic rings. The first kappa shape index (κ1) is 13.3. The van der Waals surface area contributed by atoms with E-state index < -0.39 is 6.61 Å². The van der Waals surface area contributed by atoms with E-state index in [9.17, 15) is 8.78 Å². The zero-order chi connectivity index (χ0) is 13.0. The molecular weight excluding hydrogens is 236 g/mol. The molecule has 1 aliphatic carbocycles. The van der Waals surface area contributed by atoms with Gasteiger partial charge in [-0.1, -0.05) is 24.6 Å². The third-order valence-corrected chi connectivity index (χ3v) is 3.66. The van der Waals surface area contributed by atoms with E-state index in [1.54, 1.807) is 12.1 Å². The molecule has 1 aromatic carbocycles. The molecule has 1 aromatic rings. The van der Waals surface area contributed by atoms with Crippen LogP contribution in [-0.4, -0.2) is 12.7 Å². The van der Waals surface area contributed by atoms with E-state index in [-0.39, 0.29) is 5.75 Å². The molecule has 0 aliphatic heterocycles. The first-order valence-corrected chi connectivity index (χ1v) is 6.43.